The highest BCUT2D eigenvalue weighted by molar-refractivity contribution is 6.30. The molecule has 1 heterocycles. The first-order valence-corrected chi connectivity index (χ1v) is 8.92. The second-order valence-electron chi connectivity index (χ2n) is 6.66. The molecule has 2 aromatic rings. The lowest BCUT2D eigenvalue weighted by Crippen LogP contribution is -2.48. The summed E-state index contributed by atoms with van der Waals surface area (Å²) in [4.78, 5) is 4.02. The maximum Gasteiger partial charge on any atom is 0.137 e. The average Bonchev–Trinajstić information content (AvgIpc) is 3.17. The summed E-state index contributed by atoms with van der Waals surface area (Å²) in [7, 11) is 0. The number of aromatic nitrogens is 3. The Morgan fingerprint density at radius 1 is 1.25 bits per heavy atom. The van der Waals surface area contributed by atoms with Crippen molar-refractivity contribution in [2.24, 2.45) is 5.41 Å². The summed E-state index contributed by atoms with van der Waals surface area (Å²) in [6, 6.07) is 7.74. The summed E-state index contributed by atoms with van der Waals surface area (Å²) >= 11 is 5.98. The van der Waals surface area contributed by atoms with Crippen molar-refractivity contribution in [2.45, 2.75) is 51.7 Å². The van der Waals surface area contributed by atoms with Crippen LogP contribution in [0.25, 0.3) is 6.08 Å². The van der Waals surface area contributed by atoms with Gasteiger partial charge in [0.2, 0.25) is 0 Å². The second kappa shape index (κ2) is 6.69. The van der Waals surface area contributed by atoms with Crippen LogP contribution < -0.4 is 0 Å². The summed E-state index contributed by atoms with van der Waals surface area (Å²) in [6.45, 7) is 4.77. The standard InChI is InChI=1S/C19H24ClN3O/c1-3-18(4-2)10-9-16(11-15-5-7-17(20)8-6-15)19(18,24)12-23-14-21-13-22-23/h5-8,11,13-14,24H,3-4,9-10,12H2,1-2H3. The molecule has 0 amide bonds. The number of nitrogens with zero attached hydrogens (tertiary/aromatic N) is 3. The van der Waals surface area contributed by atoms with E-state index in [1.54, 1.807) is 11.0 Å². The Hall–Kier alpha value is -1.65. The molecule has 1 atom stereocenters. The molecule has 128 valence electrons. The highest BCUT2D eigenvalue weighted by Crippen LogP contribution is 2.55. The van der Waals surface area contributed by atoms with Gasteiger partial charge in [-0.1, -0.05) is 43.7 Å². The normalized spacial score (nSPS) is 24.6. The van der Waals surface area contributed by atoms with Gasteiger partial charge in [-0.3, -0.25) is 0 Å². The first kappa shape index (κ1) is 17.2. The molecule has 1 saturated carbocycles. The van der Waals surface area contributed by atoms with Gasteiger partial charge in [-0.15, -0.1) is 0 Å². The Morgan fingerprint density at radius 2 is 1.96 bits per heavy atom. The topological polar surface area (TPSA) is 50.9 Å². The van der Waals surface area contributed by atoms with Gasteiger partial charge < -0.3 is 5.11 Å². The molecule has 1 aromatic heterocycles. The molecule has 1 fully saturated rings. The molecule has 0 radical (unpaired) electrons. The third kappa shape index (κ3) is 2.89. The van der Waals surface area contributed by atoms with Crippen molar-refractivity contribution in [1.82, 2.24) is 14.8 Å². The van der Waals surface area contributed by atoms with Crippen molar-refractivity contribution in [3.05, 3.63) is 53.1 Å². The van der Waals surface area contributed by atoms with Crippen LogP contribution in [0.5, 0.6) is 0 Å². The van der Waals surface area contributed by atoms with Gasteiger partial charge in [0.15, 0.2) is 0 Å². The van der Waals surface area contributed by atoms with Crippen LogP contribution in [0.1, 0.15) is 45.1 Å². The van der Waals surface area contributed by atoms with Crippen LogP contribution >= 0.6 is 11.6 Å². The van der Waals surface area contributed by atoms with Gasteiger partial charge in [0.05, 0.1) is 6.54 Å². The lowest BCUT2D eigenvalue weighted by molar-refractivity contribution is -0.0547. The lowest BCUT2D eigenvalue weighted by atomic mass is 9.69. The predicted molar refractivity (Wildman–Crippen MR) is 96.6 cm³/mol. The van der Waals surface area contributed by atoms with E-state index in [4.69, 9.17) is 11.6 Å². The zero-order chi connectivity index (χ0) is 17.2. The van der Waals surface area contributed by atoms with E-state index in [2.05, 4.69) is 30.0 Å². The molecule has 24 heavy (non-hydrogen) atoms. The van der Waals surface area contributed by atoms with Crippen LogP contribution in [-0.4, -0.2) is 25.5 Å². The van der Waals surface area contributed by atoms with Crippen LogP contribution in [0.4, 0.5) is 0 Å². The Balaban J connectivity index is 2.02. The molecule has 5 heteroatoms. The summed E-state index contributed by atoms with van der Waals surface area (Å²) in [5.74, 6) is 0. The minimum Gasteiger partial charge on any atom is -0.383 e. The Bertz CT molecular complexity index is 705. The molecule has 1 N–H and O–H groups in total. The minimum absolute atomic E-state index is 0.128. The zero-order valence-electron chi connectivity index (χ0n) is 14.2. The first-order chi connectivity index (χ1) is 11.5. The molecule has 0 aliphatic heterocycles. The van der Waals surface area contributed by atoms with E-state index in [9.17, 15) is 5.11 Å². The van der Waals surface area contributed by atoms with Crippen molar-refractivity contribution in [3.63, 3.8) is 0 Å². The highest BCUT2D eigenvalue weighted by Gasteiger charge is 2.54. The lowest BCUT2D eigenvalue weighted by Gasteiger charge is -2.42. The third-order valence-electron chi connectivity index (χ3n) is 5.70. The largest absolute Gasteiger partial charge is 0.383 e. The Kier molecular flexibility index (Phi) is 4.79. The van der Waals surface area contributed by atoms with Crippen molar-refractivity contribution >= 4 is 17.7 Å². The van der Waals surface area contributed by atoms with E-state index in [0.29, 0.717) is 6.54 Å². The quantitative estimate of drug-likeness (QED) is 0.876. The van der Waals surface area contributed by atoms with Gasteiger partial charge in [0.1, 0.15) is 18.3 Å². The fraction of sp³-hybridized carbons (Fsp3) is 0.474. The molecular formula is C19H24ClN3O. The summed E-state index contributed by atoms with van der Waals surface area (Å²) in [6.07, 6.45) is 9.06. The Morgan fingerprint density at radius 3 is 2.54 bits per heavy atom. The van der Waals surface area contributed by atoms with E-state index in [1.807, 2.05) is 24.3 Å². The van der Waals surface area contributed by atoms with Crippen LogP contribution in [0.3, 0.4) is 0 Å². The van der Waals surface area contributed by atoms with Crippen molar-refractivity contribution in [3.8, 4) is 0 Å². The number of halogens is 1. The monoisotopic (exact) mass is 345 g/mol. The molecule has 0 spiro atoms. The van der Waals surface area contributed by atoms with Crippen molar-refractivity contribution < 1.29 is 5.11 Å². The summed E-state index contributed by atoms with van der Waals surface area (Å²) in [5, 5.41) is 16.7. The molecule has 4 nitrogen and oxygen atoms in total. The van der Waals surface area contributed by atoms with Crippen LogP contribution in [0.15, 0.2) is 42.5 Å². The van der Waals surface area contributed by atoms with Gasteiger partial charge in [-0.25, -0.2) is 9.67 Å². The molecule has 1 aliphatic rings. The van der Waals surface area contributed by atoms with E-state index in [1.165, 1.54) is 6.33 Å². The number of hydrogen-bond donors (Lipinski definition) is 1. The molecule has 0 saturated heterocycles. The summed E-state index contributed by atoms with van der Waals surface area (Å²) in [5.41, 5.74) is 1.10. The number of benzene rings is 1. The maximum absolute atomic E-state index is 11.8. The molecule has 0 bridgehead atoms. The van der Waals surface area contributed by atoms with Gasteiger partial charge >= 0.3 is 0 Å². The molecule has 1 aromatic carbocycles. The fourth-order valence-electron chi connectivity index (χ4n) is 4.09. The van der Waals surface area contributed by atoms with Gasteiger partial charge in [-0.2, -0.15) is 5.10 Å². The second-order valence-corrected chi connectivity index (χ2v) is 7.10. The fourth-order valence-corrected chi connectivity index (χ4v) is 4.21. The average molecular weight is 346 g/mol. The number of hydrogen-bond acceptors (Lipinski definition) is 3. The number of aliphatic hydroxyl groups is 1. The van der Waals surface area contributed by atoms with E-state index >= 15 is 0 Å². The van der Waals surface area contributed by atoms with E-state index in [-0.39, 0.29) is 5.41 Å². The Labute approximate surface area is 148 Å². The number of rotatable bonds is 5. The smallest absolute Gasteiger partial charge is 0.137 e. The SMILES string of the molecule is CCC1(CC)CCC(=Cc2ccc(Cl)cc2)C1(O)Cn1cncn1. The third-order valence-corrected chi connectivity index (χ3v) is 5.96. The molecule has 1 aliphatic carbocycles. The van der Waals surface area contributed by atoms with Crippen molar-refractivity contribution in [2.75, 3.05) is 0 Å². The van der Waals surface area contributed by atoms with Crippen LogP contribution in [0.2, 0.25) is 5.02 Å². The van der Waals surface area contributed by atoms with Gasteiger partial charge in [0.25, 0.3) is 0 Å². The first-order valence-electron chi connectivity index (χ1n) is 8.54. The van der Waals surface area contributed by atoms with Crippen LogP contribution in [-0.2, 0) is 6.54 Å². The van der Waals surface area contributed by atoms with Gasteiger partial charge in [0, 0.05) is 10.4 Å². The van der Waals surface area contributed by atoms with Crippen molar-refractivity contribution in [1.29, 1.82) is 0 Å². The minimum atomic E-state index is -0.913. The van der Waals surface area contributed by atoms with Crippen LogP contribution in [0, 0.1) is 5.41 Å². The molecular weight excluding hydrogens is 322 g/mol. The molecule has 3 rings (SSSR count). The van der Waals surface area contributed by atoms with E-state index in [0.717, 1.165) is 41.8 Å². The predicted octanol–water partition coefficient (Wildman–Crippen LogP) is 4.35. The molecule has 1 unspecified atom stereocenters. The zero-order valence-corrected chi connectivity index (χ0v) is 15.0. The van der Waals surface area contributed by atoms with E-state index < -0.39 is 5.60 Å². The van der Waals surface area contributed by atoms with Gasteiger partial charge in [-0.05, 0) is 49.0 Å². The maximum atomic E-state index is 11.8. The highest BCUT2D eigenvalue weighted by atomic mass is 35.5. The summed E-state index contributed by atoms with van der Waals surface area (Å²) < 4.78 is 1.74.